The zero-order chi connectivity index (χ0) is 16.1. The van der Waals surface area contributed by atoms with Crippen LogP contribution < -0.4 is 14.8 Å². The van der Waals surface area contributed by atoms with E-state index < -0.39 is 0 Å². The number of hydrogen-bond donors (Lipinski definition) is 1. The maximum Gasteiger partial charge on any atom is 0.241 e. The number of rotatable bonds is 5. The fraction of sp³-hybridized carbons (Fsp3) is 0.588. The number of nitrogens with zero attached hydrogens (tertiary/aromatic N) is 1. The topological polar surface area (TPSA) is 50.8 Å². The SMILES string of the molecule is COc1ccc(OC)c(NC(=O)[C@H](C)N2CCC(C)CC2)c1. The average Bonchev–Trinajstić information content (AvgIpc) is 2.54. The third-order valence-corrected chi connectivity index (χ3v) is 4.41. The highest BCUT2D eigenvalue weighted by molar-refractivity contribution is 5.96. The van der Waals surface area contributed by atoms with Gasteiger partial charge >= 0.3 is 0 Å². The van der Waals surface area contributed by atoms with Gasteiger partial charge in [-0.25, -0.2) is 0 Å². The molecule has 0 aliphatic carbocycles. The molecule has 1 N–H and O–H groups in total. The Balaban J connectivity index is 2.04. The molecule has 22 heavy (non-hydrogen) atoms. The molecule has 5 nitrogen and oxygen atoms in total. The summed E-state index contributed by atoms with van der Waals surface area (Å²) in [5.41, 5.74) is 0.643. The van der Waals surface area contributed by atoms with Crippen molar-refractivity contribution in [3.8, 4) is 11.5 Å². The van der Waals surface area contributed by atoms with Crippen molar-refractivity contribution in [2.45, 2.75) is 32.7 Å². The predicted molar refractivity (Wildman–Crippen MR) is 87.6 cm³/mol. The summed E-state index contributed by atoms with van der Waals surface area (Å²) < 4.78 is 10.5. The Morgan fingerprint density at radius 2 is 1.95 bits per heavy atom. The summed E-state index contributed by atoms with van der Waals surface area (Å²) in [7, 11) is 3.19. The van der Waals surface area contributed by atoms with Crippen LogP contribution in [0.4, 0.5) is 5.69 Å². The summed E-state index contributed by atoms with van der Waals surface area (Å²) in [4.78, 5) is 14.7. The molecular formula is C17H26N2O3. The van der Waals surface area contributed by atoms with Gasteiger partial charge in [0.15, 0.2) is 0 Å². The van der Waals surface area contributed by atoms with E-state index in [0.29, 0.717) is 17.2 Å². The lowest BCUT2D eigenvalue weighted by molar-refractivity contribution is -0.121. The van der Waals surface area contributed by atoms with Crippen LogP contribution >= 0.6 is 0 Å². The van der Waals surface area contributed by atoms with Gasteiger partial charge in [0.2, 0.25) is 5.91 Å². The van der Waals surface area contributed by atoms with Crippen LogP contribution in [-0.4, -0.2) is 44.2 Å². The first-order chi connectivity index (χ1) is 10.5. The predicted octanol–water partition coefficient (Wildman–Crippen LogP) is 2.76. The first kappa shape index (κ1) is 16.6. The molecular weight excluding hydrogens is 280 g/mol. The minimum Gasteiger partial charge on any atom is -0.497 e. The number of ether oxygens (including phenoxy) is 2. The van der Waals surface area contributed by atoms with Crippen molar-refractivity contribution >= 4 is 11.6 Å². The molecule has 5 heteroatoms. The number of anilines is 1. The number of hydrogen-bond acceptors (Lipinski definition) is 4. The van der Waals surface area contributed by atoms with E-state index in [9.17, 15) is 4.79 Å². The van der Waals surface area contributed by atoms with Gasteiger partial charge in [-0.15, -0.1) is 0 Å². The summed E-state index contributed by atoms with van der Waals surface area (Å²) in [5, 5.41) is 2.96. The Morgan fingerprint density at radius 3 is 2.55 bits per heavy atom. The van der Waals surface area contributed by atoms with Gasteiger partial charge in [0.1, 0.15) is 11.5 Å². The van der Waals surface area contributed by atoms with Crippen molar-refractivity contribution in [2.24, 2.45) is 5.92 Å². The molecule has 0 saturated carbocycles. The second kappa shape index (κ2) is 7.49. The van der Waals surface area contributed by atoms with E-state index in [2.05, 4.69) is 17.1 Å². The summed E-state index contributed by atoms with van der Waals surface area (Å²) in [6.07, 6.45) is 2.31. The molecule has 0 radical (unpaired) electrons. The van der Waals surface area contributed by atoms with Gasteiger partial charge < -0.3 is 14.8 Å². The van der Waals surface area contributed by atoms with E-state index in [1.165, 1.54) is 0 Å². The summed E-state index contributed by atoms with van der Waals surface area (Å²) >= 11 is 0. The Bertz CT molecular complexity index is 511. The van der Waals surface area contributed by atoms with Crippen LogP contribution in [0.2, 0.25) is 0 Å². The van der Waals surface area contributed by atoms with E-state index in [4.69, 9.17) is 9.47 Å². The Labute approximate surface area is 132 Å². The minimum absolute atomic E-state index is 0.0129. The van der Waals surface area contributed by atoms with Gasteiger partial charge in [-0.2, -0.15) is 0 Å². The molecule has 1 saturated heterocycles. The van der Waals surface area contributed by atoms with Crippen LogP contribution in [0.15, 0.2) is 18.2 Å². The summed E-state index contributed by atoms with van der Waals surface area (Å²) in [5.74, 6) is 2.07. The Hall–Kier alpha value is -1.75. The van der Waals surface area contributed by atoms with Gasteiger partial charge in [-0.3, -0.25) is 9.69 Å². The number of benzene rings is 1. The zero-order valence-electron chi connectivity index (χ0n) is 13.9. The van der Waals surface area contributed by atoms with Gasteiger partial charge in [0.25, 0.3) is 0 Å². The first-order valence-corrected chi connectivity index (χ1v) is 7.82. The van der Waals surface area contributed by atoms with Crippen LogP contribution in [0.1, 0.15) is 26.7 Å². The third-order valence-electron chi connectivity index (χ3n) is 4.41. The highest BCUT2D eigenvalue weighted by Gasteiger charge is 2.25. The quantitative estimate of drug-likeness (QED) is 0.909. The van der Waals surface area contributed by atoms with Crippen molar-refractivity contribution in [3.63, 3.8) is 0 Å². The van der Waals surface area contributed by atoms with Crippen molar-refractivity contribution in [3.05, 3.63) is 18.2 Å². The normalized spacial score (nSPS) is 17.8. The van der Waals surface area contributed by atoms with E-state index in [1.54, 1.807) is 26.4 Å². The summed E-state index contributed by atoms with van der Waals surface area (Å²) in [6.45, 7) is 6.18. The third kappa shape index (κ3) is 3.91. The molecule has 1 amide bonds. The molecule has 1 fully saturated rings. The zero-order valence-corrected chi connectivity index (χ0v) is 13.9. The fourth-order valence-corrected chi connectivity index (χ4v) is 2.73. The van der Waals surface area contributed by atoms with Gasteiger partial charge in [0.05, 0.1) is 25.9 Å². The molecule has 1 atom stereocenters. The number of carbonyl (C=O) groups is 1. The highest BCUT2D eigenvalue weighted by atomic mass is 16.5. The molecule has 122 valence electrons. The van der Waals surface area contributed by atoms with Crippen LogP contribution in [0.5, 0.6) is 11.5 Å². The first-order valence-electron chi connectivity index (χ1n) is 7.82. The van der Waals surface area contributed by atoms with Gasteiger partial charge in [0, 0.05) is 6.07 Å². The number of amides is 1. The minimum atomic E-state index is -0.150. The fourth-order valence-electron chi connectivity index (χ4n) is 2.73. The molecule has 1 heterocycles. The van der Waals surface area contributed by atoms with Crippen LogP contribution in [-0.2, 0) is 4.79 Å². The van der Waals surface area contributed by atoms with Crippen molar-refractivity contribution in [1.29, 1.82) is 0 Å². The molecule has 0 spiro atoms. The maximum absolute atomic E-state index is 12.5. The largest absolute Gasteiger partial charge is 0.497 e. The smallest absolute Gasteiger partial charge is 0.241 e. The number of methoxy groups -OCH3 is 2. The second-order valence-electron chi connectivity index (χ2n) is 5.95. The van der Waals surface area contributed by atoms with E-state index >= 15 is 0 Å². The standard InChI is InChI=1S/C17H26N2O3/c1-12-7-9-19(10-8-12)13(2)17(20)18-15-11-14(21-3)5-6-16(15)22-4/h5-6,11-13H,7-10H2,1-4H3,(H,18,20)/t13-/m0/s1. The van der Waals surface area contributed by atoms with Crippen LogP contribution in [0.25, 0.3) is 0 Å². The second-order valence-corrected chi connectivity index (χ2v) is 5.95. The molecule has 1 aromatic carbocycles. The van der Waals surface area contributed by atoms with Crippen molar-refractivity contribution in [1.82, 2.24) is 4.90 Å². The molecule has 0 bridgehead atoms. The number of likely N-dealkylation sites (tertiary alicyclic amines) is 1. The van der Waals surface area contributed by atoms with E-state index in [-0.39, 0.29) is 11.9 Å². The lowest BCUT2D eigenvalue weighted by Gasteiger charge is -2.34. The maximum atomic E-state index is 12.5. The summed E-state index contributed by atoms with van der Waals surface area (Å²) in [6, 6.07) is 5.23. The highest BCUT2D eigenvalue weighted by Crippen LogP contribution is 2.29. The average molecular weight is 306 g/mol. The molecule has 2 rings (SSSR count). The van der Waals surface area contributed by atoms with Gasteiger partial charge in [-0.05, 0) is 50.9 Å². The Kier molecular flexibility index (Phi) is 5.66. The molecule has 1 aromatic rings. The molecule has 0 aromatic heterocycles. The molecule has 1 aliphatic heterocycles. The number of piperidine rings is 1. The van der Waals surface area contributed by atoms with Crippen molar-refractivity contribution in [2.75, 3.05) is 32.6 Å². The van der Waals surface area contributed by atoms with Gasteiger partial charge in [-0.1, -0.05) is 6.92 Å². The number of carbonyl (C=O) groups excluding carboxylic acids is 1. The van der Waals surface area contributed by atoms with Crippen LogP contribution in [0.3, 0.4) is 0 Å². The lowest BCUT2D eigenvalue weighted by Crippen LogP contribution is -2.45. The molecule has 1 aliphatic rings. The van der Waals surface area contributed by atoms with Crippen LogP contribution in [0, 0.1) is 5.92 Å². The van der Waals surface area contributed by atoms with E-state index in [1.807, 2.05) is 13.0 Å². The number of nitrogens with one attached hydrogen (secondary N) is 1. The van der Waals surface area contributed by atoms with Crippen molar-refractivity contribution < 1.29 is 14.3 Å². The van der Waals surface area contributed by atoms with E-state index in [0.717, 1.165) is 31.8 Å². The monoisotopic (exact) mass is 306 g/mol. The lowest BCUT2D eigenvalue weighted by atomic mass is 9.98. The Morgan fingerprint density at radius 1 is 1.27 bits per heavy atom. The molecule has 0 unspecified atom stereocenters.